The van der Waals surface area contributed by atoms with Crippen molar-refractivity contribution in [2.45, 2.75) is 64.5 Å². The molecule has 2 aromatic rings. The highest BCUT2D eigenvalue weighted by molar-refractivity contribution is 6.02. The topological polar surface area (TPSA) is 62.3 Å². The average Bonchev–Trinajstić information content (AvgIpc) is 3.68. The Hall–Kier alpha value is -3.13. The van der Waals surface area contributed by atoms with Gasteiger partial charge in [-0.1, -0.05) is 19.4 Å². The molecule has 0 spiro atoms. The summed E-state index contributed by atoms with van der Waals surface area (Å²) in [6, 6.07) is 10.2. The van der Waals surface area contributed by atoms with Crippen molar-refractivity contribution in [3.63, 3.8) is 0 Å². The number of ether oxygens (including phenoxy) is 2. The van der Waals surface area contributed by atoms with Crippen LogP contribution in [0.5, 0.6) is 11.5 Å². The second-order valence-electron chi connectivity index (χ2n) is 9.92. The van der Waals surface area contributed by atoms with E-state index in [-0.39, 0.29) is 30.0 Å². The molecule has 2 aliphatic rings. The van der Waals surface area contributed by atoms with Crippen molar-refractivity contribution in [2.24, 2.45) is 0 Å². The molecule has 2 amide bonds. The minimum atomic E-state index is -0.644. The number of methoxy groups -OCH3 is 1. The van der Waals surface area contributed by atoms with Crippen LogP contribution in [0.3, 0.4) is 0 Å². The molecule has 2 unspecified atom stereocenters. The minimum Gasteiger partial charge on any atom is -0.493 e. The van der Waals surface area contributed by atoms with Crippen LogP contribution in [0.4, 0.5) is 20.6 Å². The number of benzene rings is 2. The van der Waals surface area contributed by atoms with Gasteiger partial charge in [-0.05, 0) is 69.0 Å². The standard InChI is InChI=1S/C28H36FN3O4/c1-6-7-21(17-30(4)23-10-11-23)20-8-12-24-25(14-20)31(16-18(2)32(24)19(3)33)28(34)36-27-15-22(29)9-13-26(27)35-5/h8-9,12-15,18,21,23H,6-7,10-11,16-17H2,1-5H3. The number of amides is 2. The fraction of sp³-hybridized carbons (Fsp3) is 0.500. The monoisotopic (exact) mass is 497 g/mol. The van der Waals surface area contributed by atoms with Gasteiger partial charge >= 0.3 is 6.09 Å². The predicted octanol–water partition coefficient (Wildman–Crippen LogP) is 5.57. The van der Waals surface area contributed by atoms with Gasteiger partial charge in [0.15, 0.2) is 11.5 Å². The first kappa shape index (κ1) is 25.9. The molecule has 0 N–H and O–H groups in total. The molecule has 1 heterocycles. The fourth-order valence-corrected chi connectivity index (χ4v) is 5.15. The first-order valence-corrected chi connectivity index (χ1v) is 12.7. The number of carbonyl (C=O) groups excluding carboxylic acids is 2. The number of hydrogen-bond donors (Lipinski definition) is 0. The number of carbonyl (C=O) groups is 2. The largest absolute Gasteiger partial charge is 0.493 e. The van der Waals surface area contributed by atoms with Crippen molar-refractivity contribution >= 4 is 23.4 Å². The van der Waals surface area contributed by atoms with Crippen molar-refractivity contribution in [1.82, 2.24) is 4.90 Å². The van der Waals surface area contributed by atoms with Gasteiger partial charge < -0.3 is 19.3 Å². The average molecular weight is 498 g/mol. The summed E-state index contributed by atoms with van der Waals surface area (Å²) in [5, 5.41) is 0. The molecule has 2 atom stereocenters. The van der Waals surface area contributed by atoms with Crippen LogP contribution in [-0.4, -0.2) is 56.2 Å². The van der Waals surface area contributed by atoms with E-state index in [0.717, 1.165) is 31.0 Å². The number of halogens is 1. The maximum atomic E-state index is 13.9. The van der Waals surface area contributed by atoms with Crippen LogP contribution in [-0.2, 0) is 4.79 Å². The molecule has 7 nitrogen and oxygen atoms in total. The Labute approximate surface area is 212 Å². The molecule has 0 radical (unpaired) electrons. The van der Waals surface area contributed by atoms with Crippen LogP contribution in [0.25, 0.3) is 0 Å². The lowest BCUT2D eigenvalue weighted by Crippen LogP contribution is -2.52. The second-order valence-corrected chi connectivity index (χ2v) is 9.92. The van der Waals surface area contributed by atoms with Gasteiger partial charge in [0.2, 0.25) is 5.91 Å². The van der Waals surface area contributed by atoms with Gasteiger partial charge in [-0.25, -0.2) is 9.18 Å². The Bertz CT molecular complexity index is 1120. The summed E-state index contributed by atoms with van der Waals surface area (Å²) in [4.78, 5) is 31.6. The van der Waals surface area contributed by atoms with Crippen LogP contribution in [0.1, 0.15) is 57.9 Å². The Morgan fingerprint density at radius 1 is 1.14 bits per heavy atom. The van der Waals surface area contributed by atoms with E-state index in [1.165, 1.54) is 39.0 Å². The zero-order valence-corrected chi connectivity index (χ0v) is 21.8. The van der Waals surface area contributed by atoms with Crippen molar-refractivity contribution in [2.75, 3.05) is 37.0 Å². The molecule has 0 saturated heterocycles. The maximum Gasteiger partial charge on any atom is 0.420 e. The lowest BCUT2D eigenvalue weighted by atomic mass is 9.92. The Kier molecular flexibility index (Phi) is 7.83. The third-order valence-corrected chi connectivity index (χ3v) is 7.11. The van der Waals surface area contributed by atoms with Crippen molar-refractivity contribution < 1.29 is 23.5 Å². The van der Waals surface area contributed by atoms with E-state index in [1.54, 1.807) is 9.80 Å². The van der Waals surface area contributed by atoms with E-state index in [9.17, 15) is 14.0 Å². The molecule has 8 heteroatoms. The normalized spacial score (nSPS) is 18.1. The van der Waals surface area contributed by atoms with E-state index < -0.39 is 11.9 Å². The summed E-state index contributed by atoms with van der Waals surface area (Å²) in [6.45, 7) is 6.80. The Balaban J connectivity index is 1.70. The Morgan fingerprint density at radius 2 is 1.89 bits per heavy atom. The fourth-order valence-electron chi connectivity index (χ4n) is 5.15. The lowest BCUT2D eigenvalue weighted by Gasteiger charge is -2.40. The lowest BCUT2D eigenvalue weighted by molar-refractivity contribution is -0.117. The van der Waals surface area contributed by atoms with E-state index in [1.807, 2.05) is 19.1 Å². The molecule has 1 fully saturated rings. The van der Waals surface area contributed by atoms with Crippen LogP contribution in [0.2, 0.25) is 0 Å². The van der Waals surface area contributed by atoms with E-state index in [4.69, 9.17) is 9.47 Å². The van der Waals surface area contributed by atoms with Gasteiger partial charge in [0.05, 0.1) is 24.5 Å². The van der Waals surface area contributed by atoms with Crippen LogP contribution < -0.4 is 19.3 Å². The smallest absolute Gasteiger partial charge is 0.420 e. The number of fused-ring (bicyclic) bond motifs is 1. The van der Waals surface area contributed by atoms with Crippen LogP contribution in [0.15, 0.2) is 36.4 Å². The summed E-state index contributed by atoms with van der Waals surface area (Å²) < 4.78 is 24.8. The van der Waals surface area contributed by atoms with Gasteiger partial charge in [0.1, 0.15) is 5.82 Å². The molecule has 0 bridgehead atoms. The highest BCUT2D eigenvalue weighted by Crippen LogP contribution is 2.40. The minimum absolute atomic E-state index is 0.0109. The highest BCUT2D eigenvalue weighted by Gasteiger charge is 2.36. The predicted molar refractivity (Wildman–Crippen MR) is 139 cm³/mol. The number of likely N-dealkylation sites (N-methyl/N-ethyl adjacent to an activating group) is 1. The maximum absolute atomic E-state index is 13.9. The van der Waals surface area contributed by atoms with Gasteiger partial charge in [-0.15, -0.1) is 0 Å². The van der Waals surface area contributed by atoms with Crippen LogP contribution in [0, 0.1) is 5.82 Å². The first-order chi connectivity index (χ1) is 17.2. The molecule has 36 heavy (non-hydrogen) atoms. The molecular formula is C28H36FN3O4. The number of nitrogens with zero attached hydrogens (tertiary/aromatic N) is 3. The van der Waals surface area contributed by atoms with Crippen molar-refractivity contribution in [1.29, 1.82) is 0 Å². The van der Waals surface area contributed by atoms with E-state index in [0.29, 0.717) is 23.3 Å². The Morgan fingerprint density at radius 3 is 2.53 bits per heavy atom. The zero-order valence-electron chi connectivity index (χ0n) is 21.8. The van der Waals surface area contributed by atoms with Gasteiger partial charge in [-0.2, -0.15) is 0 Å². The van der Waals surface area contributed by atoms with Crippen LogP contribution >= 0.6 is 0 Å². The molecule has 1 saturated carbocycles. The third kappa shape index (κ3) is 5.48. The van der Waals surface area contributed by atoms with Gasteiger partial charge in [-0.3, -0.25) is 9.69 Å². The SMILES string of the molecule is CCCC(CN(C)C1CC1)c1ccc2c(c1)N(C(=O)Oc1cc(F)ccc1OC)CC(C)N2C(C)=O. The summed E-state index contributed by atoms with van der Waals surface area (Å²) >= 11 is 0. The van der Waals surface area contributed by atoms with Crippen molar-refractivity contribution in [3.05, 3.63) is 47.8 Å². The molecular weight excluding hydrogens is 461 g/mol. The quantitative estimate of drug-likeness (QED) is 0.477. The summed E-state index contributed by atoms with van der Waals surface area (Å²) in [6.07, 6.45) is 3.91. The van der Waals surface area contributed by atoms with Gasteiger partial charge in [0.25, 0.3) is 0 Å². The second kappa shape index (κ2) is 10.9. The molecule has 1 aliphatic heterocycles. The molecule has 194 valence electrons. The summed E-state index contributed by atoms with van der Waals surface area (Å²) in [5.74, 6) is -0.0395. The molecule has 2 aromatic carbocycles. The van der Waals surface area contributed by atoms with Crippen molar-refractivity contribution in [3.8, 4) is 11.5 Å². The summed E-state index contributed by atoms with van der Waals surface area (Å²) in [5.41, 5.74) is 2.41. The number of hydrogen-bond acceptors (Lipinski definition) is 5. The molecule has 4 rings (SSSR count). The first-order valence-electron chi connectivity index (χ1n) is 12.7. The third-order valence-electron chi connectivity index (χ3n) is 7.11. The number of anilines is 2. The van der Waals surface area contributed by atoms with Gasteiger partial charge in [0, 0.05) is 32.1 Å². The summed E-state index contributed by atoms with van der Waals surface area (Å²) in [7, 11) is 3.61. The molecule has 0 aromatic heterocycles. The molecule has 1 aliphatic carbocycles. The zero-order chi connectivity index (χ0) is 26.0. The number of rotatable bonds is 8. The van der Waals surface area contributed by atoms with E-state index in [2.05, 4.69) is 24.9 Å². The highest BCUT2D eigenvalue weighted by atomic mass is 19.1. The van der Waals surface area contributed by atoms with E-state index >= 15 is 0 Å².